The van der Waals surface area contributed by atoms with E-state index in [9.17, 15) is 9.59 Å². The van der Waals surface area contributed by atoms with Crippen molar-refractivity contribution in [2.45, 2.75) is 20.0 Å². The number of amides is 1. The van der Waals surface area contributed by atoms with Crippen LogP contribution in [0.25, 0.3) is 0 Å². The highest BCUT2D eigenvalue weighted by atomic mass is 79.9. The SMILES string of the molecule is Cc1cc(Br)ccc1C(=O)NCc1cn(CC(=O)O)nn1. The van der Waals surface area contributed by atoms with E-state index in [4.69, 9.17) is 5.11 Å². The van der Waals surface area contributed by atoms with E-state index in [0.29, 0.717) is 11.3 Å². The lowest BCUT2D eigenvalue weighted by Crippen LogP contribution is -2.23. The zero-order valence-electron chi connectivity index (χ0n) is 11.2. The van der Waals surface area contributed by atoms with E-state index in [0.717, 1.165) is 10.0 Å². The predicted molar refractivity (Wildman–Crippen MR) is 77.7 cm³/mol. The lowest BCUT2D eigenvalue weighted by Gasteiger charge is -2.06. The maximum atomic E-state index is 12.1. The summed E-state index contributed by atoms with van der Waals surface area (Å²) in [5, 5.41) is 18.8. The molecule has 110 valence electrons. The maximum absolute atomic E-state index is 12.1. The van der Waals surface area contributed by atoms with E-state index < -0.39 is 5.97 Å². The summed E-state index contributed by atoms with van der Waals surface area (Å²) in [5.74, 6) is -1.21. The number of carboxylic acids is 1. The van der Waals surface area contributed by atoms with Crippen molar-refractivity contribution >= 4 is 27.8 Å². The Hall–Kier alpha value is -2.22. The topological polar surface area (TPSA) is 97.1 Å². The number of nitrogens with zero attached hydrogens (tertiary/aromatic N) is 3. The van der Waals surface area contributed by atoms with Crippen molar-refractivity contribution in [2.24, 2.45) is 0 Å². The van der Waals surface area contributed by atoms with E-state index in [1.165, 1.54) is 10.9 Å². The second-order valence-electron chi connectivity index (χ2n) is 4.44. The number of aromatic nitrogens is 3. The van der Waals surface area contributed by atoms with Crippen molar-refractivity contribution in [1.82, 2.24) is 20.3 Å². The number of benzene rings is 1. The molecular formula is C13H13BrN4O3. The van der Waals surface area contributed by atoms with Gasteiger partial charge in [0.1, 0.15) is 12.2 Å². The minimum Gasteiger partial charge on any atom is -0.480 e. The molecule has 0 bridgehead atoms. The molecule has 7 nitrogen and oxygen atoms in total. The molecule has 0 saturated carbocycles. The molecular weight excluding hydrogens is 340 g/mol. The standard InChI is InChI=1S/C13H13BrN4O3/c1-8-4-9(14)2-3-11(8)13(21)15-5-10-6-18(17-16-10)7-12(19)20/h2-4,6H,5,7H2,1H3,(H,15,21)(H,19,20). The molecule has 0 spiro atoms. The maximum Gasteiger partial charge on any atom is 0.325 e. The largest absolute Gasteiger partial charge is 0.480 e. The number of carboxylic acid groups (broad SMARTS) is 1. The lowest BCUT2D eigenvalue weighted by molar-refractivity contribution is -0.137. The smallest absolute Gasteiger partial charge is 0.325 e. The van der Waals surface area contributed by atoms with Gasteiger partial charge in [-0.15, -0.1) is 5.10 Å². The molecule has 2 N–H and O–H groups in total. The van der Waals surface area contributed by atoms with Crippen molar-refractivity contribution < 1.29 is 14.7 Å². The lowest BCUT2D eigenvalue weighted by atomic mass is 10.1. The molecule has 1 amide bonds. The zero-order chi connectivity index (χ0) is 15.4. The van der Waals surface area contributed by atoms with Crippen LogP contribution in [-0.2, 0) is 17.9 Å². The van der Waals surface area contributed by atoms with Gasteiger partial charge in [0.15, 0.2) is 0 Å². The highest BCUT2D eigenvalue weighted by Crippen LogP contribution is 2.15. The first kappa shape index (κ1) is 15.2. The Labute approximate surface area is 129 Å². The summed E-state index contributed by atoms with van der Waals surface area (Å²) in [6, 6.07) is 5.39. The van der Waals surface area contributed by atoms with Gasteiger partial charge < -0.3 is 10.4 Å². The van der Waals surface area contributed by atoms with Crippen LogP contribution < -0.4 is 5.32 Å². The molecule has 1 aromatic heterocycles. The Balaban J connectivity index is 1.97. The van der Waals surface area contributed by atoms with E-state index in [2.05, 4.69) is 31.6 Å². The van der Waals surface area contributed by atoms with Crippen molar-refractivity contribution in [3.05, 3.63) is 45.7 Å². The van der Waals surface area contributed by atoms with Crippen LogP contribution in [0.15, 0.2) is 28.9 Å². The minimum absolute atomic E-state index is 0.188. The van der Waals surface area contributed by atoms with Crippen molar-refractivity contribution in [1.29, 1.82) is 0 Å². The molecule has 0 saturated heterocycles. The van der Waals surface area contributed by atoms with Crippen LogP contribution in [-0.4, -0.2) is 32.0 Å². The zero-order valence-corrected chi connectivity index (χ0v) is 12.8. The van der Waals surface area contributed by atoms with Crippen LogP contribution in [0, 0.1) is 6.92 Å². The fraction of sp³-hybridized carbons (Fsp3) is 0.231. The number of carbonyl (C=O) groups is 2. The molecule has 8 heteroatoms. The number of nitrogens with one attached hydrogen (secondary N) is 1. The second kappa shape index (κ2) is 6.49. The Morgan fingerprint density at radius 2 is 2.19 bits per heavy atom. The number of carbonyl (C=O) groups excluding carboxylic acids is 1. The van der Waals surface area contributed by atoms with Crippen LogP contribution in [0.5, 0.6) is 0 Å². The van der Waals surface area contributed by atoms with E-state index in [1.807, 2.05) is 13.0 Å². The predicted octanol–water partition coefficient (Wildman–Crippen LogP) is 1.36. The second-order valence-corrected chi connectivity index (χ2v) is 5.36. The summed E-state index contributed by atoms with van der Waals surface area (Å²) in [4.78, 5) is 22.6. The van der Waals surface area contributed by atoms with Gasteiger partial charge in [-0.2, -0.15) is 0 Å². The fourth-order valence-electron chi connectivity index (χ4n) is 1.78. The molecule has 1 aromatic carbocycles. The van der Waals surface area contributed by atoms with Gasteiger partial charge in [0.2, 0.25) is 0 Å². The summed E-state index contributed by atoms with van der Waals surface area (Å²) >= 11 is 3.34. The first-order valence-electron chi connectivity index (χ1n) is 6.11. The number of hydrogen-bond acceptors (Lipinski definition) is 4. The highest BCUT2D eigenvalue weighted by molar-refractivity contribution is 9.10. The van der Waals surface area contributed by atoms with Gasteiger partial charge in [-0.05, 0) is 30.7 Å². The molecule has 0 atom stereocenters. The third-order valence-electron chi connectivity index (χ3n) is 2.75. The van der Waals surface area contributed by atoms with Crippen LogP contribution in [0.2, 0.25) is 0 Å². The normalized spacial score (nSPS) is 10.4. The third-order valence-corrected chi connectivity index (χ3v) is 3.24. The summed E-state index contributed by atoms with van der Waals surface area (Å²) in [5.41, 5.74) is 1.94. The van der Waals surface area contributed by atoms with Crippen molar-refractivity contribution in [2.75, 3.05) is 0 Å². The first-order chi connectivity index (χ1) is 9.95. The Kier molecular flexibility index (Phi) is 4.69. The van der Waals surface area contributed by atoms with Gasteiger partial charge in [-0.3, -0.25) is 9.59 Å². The van der Waals surface area contributed by atoms with Gasteiger partial charge in [-0.1, -0.05) is 21.1 Å². The molecule has 0 radical (unpaired) electrons. The van der Waals surface area contributed by atoms with E-state index in [-0.39, 0.29) is 19.0 Å². The average Bonchev–Trinajstić information content (AvgIpc) is 2.82. The summed E-state index contributed by atoms with van der Waals surface area (Å²) in [6.07, 6.45) is 1.49. The molecule has 21 heavy (non-hydrogen) atoms. The number of rotatable bonds is 5. The third kappa shape index (κ3) is 4.12. The molecule has 2 aromatic rings. The first-order valence-corrected chi connectivity index (χ1v) is 6.90. The molecule has 0 fully saturated rings. The molecule has 0 aliphatic rings. The molecule has 1 heterocycles. The number of aryl methyl sites for hydroxylation is 1. The minimum atomic E-state index is -0.999. The van der Waals surface area contributed by atoms with Gasteiger partial charge in [0.05, 0.1) is 12.7 Å². The monoisotopic (exact) mass is 352 g/mol. The molecule has 0 unspecified atom stereocenters. The molecule has 2 rings (SSSR count). The van der Waals surface area contributed by atoms with E-state index >= 15 is 0 Å². The Bertz CT molecular complexity index is 684. The van der Waals surface area contributed by atoms with Crippen LogP contribution in [0.4, 0.5) is 0 Å². The molecule has 0 aliphatic heterocycles. The quantitative estimate of drug-likeness (QED) is 0.846. The number of aliphatic carboxylic acids is 1. The van der Waals surface area contributed by atoms with Gasteiger partial charge in [-0.25, -0.2) is 4.68 Å². The van der Waals surface area contributed by atoms with Crippen LogP contribution in [0.1, 0.15) is 21.6 Å². The average molecular weight is 353 g/mol. The van der Waals surface area contributed by atoms with Crippen LogP contribution >= 0.6 is 15.9 Å². The Morgan fingerprint density at radius 1 is 1.43 bits per heavy atom. The van der Waals surface area contributed by atoms with Gasteiger partial charge >= 0.3 is 5.97 Å². The highest BCUT2D eigenvalue weighted by Gasteiger charge is 2.10. The fourth-order valence-corrected chi connectivity index (χ4v) is 2.26. The summed E-state index contributed by atoms with van der Waals surface area (Å²) in [7, 11) is 0. The number of halogens is 1. The van der Waals surface area contributed by atoms with Gasteiger partial charge in [0.25, 0.3) is 5.91 Å². The van der Waals surface area contributed by atoms with Gasteiger partial charge in [0, 0.05) is 10.0 Å². The Morgan fingerprint density at radius 3 is 2.86 bits per heavy atom. The molecule has 0 aliphatic carbocycles. The van der Waals surface area contributed by atoms with E-state index in [1.54, 1.807) is 12.1 Å². The summed E-state index contributed by atoms with van der Waals surface area (Å²) < 4.78 is 2.11. The van der Waals surface area contributed by atoms with Crippen LogP contribution in [0.3, 0.4) is 0 Å². The van der Waals surface area contributed by atoms with Crippen molar-refractivity contribution in [3.8, 4) is 0 Å². The van der Waals surface area contributed by atoms with Crippen molar-refractivity contribution in [3.63, 3.8) is 0 Å². The summed E-state index contributed by atoms with van der Waals surface area (Å²) in [6.45, 7) is 1.78. The number of hydrogen-bond donors (Lipinski definition) is 2.